The van der Waals surface area contributed by atoms with E-state index in [2.05, 4.69) is 4.98 Å². The number of hydrogen-bond acceptors (Lipinski definition) is 2. The molecule has 0 radical (unpaired) electrons. The van der Waals surface area contributed by atoms with E-state index in [9.17, 15) is 4.39 Å². The Labute approximate surface area is 86.2 Å². The van der Waals surface area contributed by atoms with E-state index in [-0.39, 0.29) is 5.82 Å². The van der Waals surface area contributed by atoms with Gasteiger partial charge in [-0.1, -0.05) is 13.0 Å². The molecule has 0 saturated heterocycles. The molecule has 1 heterocycles. The van der Waals surface area contributed by atoms with Crippen molar-refractivity contribution in [3.8, 4) is 10.6 Å². The first-order valence-electron chi connectivity index (χ1n) is 4.49. The molecule has 1 aromatic carbocycles. The minimum absolute atomic E-state index is 0.181. The lowest BCUT2D eigenvalue weighted by Crippen LogP contribution is -1.87. The molecule has 0 amide bonds. The fourth-order valence-corrected chi connectivity index (χ4v) is 1.97. The number of rotatable bonds is 2. The quantitative estimate of drug-likeness (QED) is 0.734. The predicted molar refractivity (Wildman–Crippen MR) is 56.9 cm³/mol. The van der Waals surface area contributed by atoms with Crippen molar-refractivity contribution >= 4 is 11.3 Å². The molecule has 0 spiro atoms. The Kier molecular flexibility index (Phi) is 2.59. The van der Waals surface area contributed by atoms with Gasteiger partial charge in [0, 0.05) is 17.1 Å². The highest BCUT2D eigenvalue weighted by atomic mass is 32.1. The van der Waals surface area contributed by atoms with E-state index in [1.54, 1.807) is 18.3 Å². The van der Waals surface area contributed by atoms with E-state index >= 15 is 0 Å². The zero-order valence-electron chi connectivity index (χ0n) is 7.83. The topological polar surface area (TPSA) is 12.9 Å². The number of benzene rings is 1. The summed E-state index contributed by atoms with van der Waals surface area (Å²) in [6.07, 6.45) is 2.54. The van der Waals surface area contributed by atoms with Crippen molar-refractivity contribution in [3.63, 3.8) is 0 Å². The largest absolute Gasteiger partial charge is 0.244 e. The molecule has 0 atom stereocenters. The first-order chi connectivity index (χ1) is 6.81. The summed E-state index contributed by atoms with van der Waals surface area (Å²) in [6, 6.07) is 5.32. The van der Waals surface area contributed by atoms with Crippen LogP contribution in [0.2, 0.25) is 0 Å². The number of nitrogens with zero attached hydrogens (tertiary/aromatic N) is 1. The normalized spacial score (nSPS) is 10.4. The Hall–Kier alpha value is -1.22. The fourth-order valence-electron chi connectivity index (χ4n) is 1.31. The van der Waals surface area contributed by atoms with Crippen LogP contribution in [0.4, 0.5) is 4.39 Å². The van der Waals surface area contributed by atoms with Crippen LogP contribution in [0, 0.1) is 5.82 Å². The van der Waals surface area contributed by atoms with Crippen LogP contribution >= 0.6 is 11.3 Å². The van der Waals surface area contributed by atoms with Crippen molar-refractivity contribution in [2.75, 3.05) is 0 Å². The smallest absolute Gasteiger partial charge is 0.133 e. The predicted octanol–water partition coefficient (Wildman–Crippen LogP) is 3.51. The first kappa shape index (κ1) is 9.34. The molecule has 0 unspecified atom stereocenters. The Bertz CT molecular complexity index is 423. The molecule has 1 aromatic heterocycles. The second-order valence-electron chi connectivity index (χ2n) is 3.01. The molecule has 14 heavy (non-hydrogen) atoms. The molecule has 0 bridgehead atoms. The molecule has 0 aliphatic rings. The van der Waals surface area contributed by atoms with E-state index in [0.717, 1.165) is 17.0 Å². The highest BCUT2D eigenvalue weighted by molar-refractivity contribution is 7.13. The van der Waals surface area contributed by atoms with Gasteiger partial charge in [-0.3, -0.25) is 0 Å². The molecular formula is C11H10FNS. The van der Waals surface area contributed by atoms with Crippen molar-refractivity contribution in [3.05, 3.63) is 41.2 Å². The van der Waals surface area contributed by atoms with Gasteiger partial charge < -0.3 is 0 Å². The van der Waals surface area contributed by atoms with Gasteiger partial charge in [0.05, 0.1) is 0 Å². The van der Waals surface area contributed by atoms with E-state index in [0.29, 0.717) is 5.56 Å². The van der Waals surface area contributed by atoms with Crippen LogP contribution in [-0.2, 0) is 6.42 Å². The van der Waals surface area contributed by atoms with E-state index in [4.69, 9.17) is 0 Å². The monoisotopic (exact) mass is 207 g/mol. The molecule has 3 heteroatoms. The fraction of sp³-hybridized carbons (Fsp3) is 0.182. The minimum atomic E-state index is -0.181. The molecule has 1 nitrogen and oxygen atoms in total. The summed E-state index contributed by atoms with van der Waals surface area (Å²) in [5.74, 6) is -0.181. The summed E-state index contributed by atoms with van der Waals surface area (Å²) < 4.78 is 13.6. The minimum Gasteiger partial charge on any atom is -0.244 e. The van der Waals surface area contributed by atoms with Gasteiger partial charge in [-0.2, -0.15) is 0 Å². The average Bonchev–Trinajstić information content (AvgIpc) is 2.70. The second kappa shape index (κ2) is 3.88. The highest BCUT2D eigenvalue weighted by Crippen LogP contribution is 2.25. The van der Waals surface area contributed by atoms with Gasteiger partial charge in [0.25, 0.3) is 0 Å². The summed E-state index contributed by atoms with van der Waals surface area (Å²) in [6.45, 7) is 2.01. The third-order valence-electron chi connectivity index (χ3n) is 2.10. The van der Waals surface area contributed by atoms with Crippen LogP contribution in [0.15, 0.2) is 29.8 Å². The van der Waals surface area contributed by atoms with Crippen molar-refractivity contribution in [1.29, 1.82) is 0 Å². The molecule has 0 N–H and O–H groups in total. The van der Waals surface area contributed by atoms with Gasteiger partial charge in [0.1, 0.15) is 10.8 Å². The van der Waals surface area contributed by atoms with E-state index < -0.39 is 0 Å². The molecule has 2 aromatic rings. The molecule has 0 aliphatic carbocycles. The first-order valence-corrected chi connectivity index (χ1v) is 5.37. The number of aryl methyl sites for hydroxylation is 1. The number of hydrogen-bond donors (Lipinski definition) is 0. The number of thiazole rings is 1. The molecular weight excluding hydrogens is 197 g/mol. The highest BCUT2D eigenvalue weighted by Gasteiger charge is 2.07. The SMILES string of the molecule is CCc1ccc(-c2nccs2)c(F)c1. The molecule has 72 valence electrons. The van der Waals surface area contributed by atoms with Crippen LogP contribution in [0.1, 0.15) is 12.5 Å². The average molecular weight is 207 g/mol. The summed E-state index contributed by atoms with van der Waals surface area (Å²) >= 11 is 1.45. The molecule has 0 aliphatic heterocycles. The van der Waals surface area contributed by atoms with Crippen LogP contribution in [0.3, 0.4) is 0 Å². The van der Waals surface area contributed by atoms with Crippen LogP contribution < -0.4 is 0 Å². The van der Waals surface area contributed by atoms with Crippen molar-refractivity contribution in [1.82, 2.24) is 4.98 Å². The van der Waals surface area contributed by atoms with Gasteiger partial charge in [0.15, 0.2) is 0 Å². The third-order valence-corrected chi connectivity index (χ3v) is 2.91. The molecule has 0 fully saturated rings. The Balaban J connectivity index is 2.46. The maximum atomic E-state index is 13.6. The van der Waals surface area contributed by atoms with Crippen LogP contribution in [0.25, 0.3) is 10.6 Å². The lowest BCUT2D eigenvalue weighted by molar-refractivity contribution is 0.629. The van der Waals surface area contributed by atoms with Crippen molar-refractivity contribution in [2.24, 2.45) is 0 Å². The molecule has 2 rings (SSSR count). The van der Waals surface area contributed by atoms with Gasteiger partial charge in [-0.15, -0.1) is 11.3 Å². The summed E-state index contributed by atoms with van der Waals surface area (Å²) in [4.78, 5) is 4.08. The van der Waals surface area contributed by atoms with Crippen molar-refractivity contribution in [2.45, 2.75) is 13.3 Å². The Morgan fingerprint density at radius 2 is 2.29 bits per heavy atom. The van der Waals surface area contributed by atoms with Crippen LogP contribution in [-0.4, -0.2) is 4.98 Å². The summed E-state index contributed by atoms with van der Waals surface area (Å²) in [7, 11) is 0. The maximum Gasteiger partial charge on any atom is 0.133 e. The number of aromatic nitrogens is 1. The van der Waals surface area contributed by atoms with Crippen molar-refractivity contribution < 1.29 is 4.39 Å². The second-order valence-corrected chi connectivity index (χ2v) is 3.90. The number of halogens is 1. The van der Waals surface area contributed by atoms with Crippen LogP contribution in [0.5, 0.6) is 0 Å². The lowest BCUT2D eigenvalue weighted by Gasteiger charge is -2.01. The lowest BCUT2D eigenvalue weighted by atomic mass is 10.1. The summed E-state index contributed by atoms with van der Waals surface area (Å²) in [5, 5.41) is 2.59. The van der Waals surface area contributed by atoms with Gasteiger partial charge in [-0.05, 0) is 24.1 Å². The standard InChI is InChI=1S/C11H10FNS/c1-2-8-3-4-9(10(12)7-8)11-13-5-6-14-11/h3-7H,2H2,1H3. The van der Waals surface area contributed by atoms with E-state index in [1.165, 1.54) is 11.3 Å². The summed E-state index contributed by atoms with van der Waals surface area (Å²) in [5.41, 5.74) is 1.61. The van der Waals surface area contributed by atoms with Gasteiger partial charge in [-0.25, -0.2) is 9.37 Å². The third kappa shape index (κ3) is 1.68. The van der Waals surface area contributed by atoms with Gasteiger partial charge >= 0.3 is 0 Å². The Morgan fingerprint density at radius 1 is 1.43 bits per heavy atom. The molecule has 0 saturated carbocycles. The Morgan fingerprint density at radius 3 is 2.86 bits per heavy atom. The zero-order chi connectivity index (χ0) is 9.97. The van der Waals surface area contributed by atoms with E-state index in [1.807, 2.05) is 18.4 Å². The maximum absolute atomic E-state index is 13.6. The van der Waals surface area contributed by atoms with Gasteiger partial charge in [0.2, 0.25) is 0 Å². The zero-order valence-corrected chi connectivity index (χ0v) is 8.64.